The third-order valence-electron chi connectivity index (χ3n) is 2.35. The lowest BCUT2D eigenvalue weighted by atomic mass is 10.0. The highest BCUT2D eigenvalue weighted by Crippen LogP contribution is 2.30. The van der Waals surface area contributed by atoms with Gasteiger partial charge in [-0.2, -0.15) is 13.2 Å². The second kappa shape index (κ2) is 5.16. The third-order valence-corrected chi connectivity index (χ3v) is 2.53. The number of benzene rings is 1. The van der Waals surface area contributed by atoms with Crippen molar-refractivity contribution in [3.63, 3.8) is 0 Å². The highest BCUT2D eigenvalue weighted by Gasteiger charge is 2.32. The predicted octanol–water partition coefficient (Wildman–Crippen LogP) is 3.52. The van der Waals surface area contributed by atoms with Crippen LogP contribution in [0, 0.1) is 5.82 Å². The Labute approximate surface area is 115 Å². The summed E-state index contributed by atoms with van der Waals surface area (Å²) in [6, 6.07) is 2.74. The number of hydrogen-bond acceptors (Lipinski definition) is 3. The molecule has 1 aromatic heterocycles. The SMILES string of the molecule is O=C(c1cc(F)cc(C(F)(F)F)c1)c1ccnc(Cl)n1. The van der Waals surface area contributed by atoms with Crippen molar-refractivity contribution in [3.8, 4) is 0 Å². The van der Waals surface area contributed by atoms with Crippen molar-refractivity contribution >= 4 is 17.4 Å². The molecule has 0 N–H and O–H groups in total. The van der Waals surface area contributed by atoms with Crippen LogP contribution in [-0.4, -0.2) is 15.8 Å². The summed E-state index contributed by atoms with van der Waals surface area (Å²) in [5.41, 5.74) is -1.93. The molecule has 0 aliphatic rings. The predicted molar refractivity (Wildman–Crippen MR) is 61.9 cm³/mol. The van der Waals surface area contributed by atoms with Crippen molar-refractivity contribution in [1.29, 1.82) is 0 Å². The summed E-state index contributed by atoms with van der Waals surface area (Å²) in [6.45, 7) is 0. The Morgan fingerprint density at radius 1 is 1.20 bits per heavy atom. The van der Waals surface area contributed by atoms with E-state index in [4.69, 9.17) is 11.6 Å². The number of halogens is 5. The van der Waals surface area contributed by atoms with Gasteiger partial charge in [-0.15, -0.1) is 0 Å². The van der Waals surface area contributed by atoms with Crippen molar-refractivity contribution in [3.05, 3.63) is 58.4 Å². The molecule has 3 nitrogen and oxygen atoms in total. The Morgan fingerprint density at radius 3 is 2.50 bits per heavy atom. The molecule has 2 aromatic rings. The highest BCUT2D eigenvalue weighted by atomic mass is 35.5. The van der Waals surface area contributed by atoms with E-state index in [0.29, 0.717) is 18.2 Å². The number of ketones is 1. The van der Waals surface area contributed by atoms with Gasteiger partial charge < -0.3 is 0 Å². The maximum atomic E-state index is 13.2. The van der Waals surface area contributed by atoms with Gasteiger partial charge in [-0.05, 0) is 35.9 Å². The van der Waals surface area contributed by atoms with Gasteiger partial charge in [-0.3, -0.25) is 4.79 Å². The molecule has 0 saturated heterocycles. The summed E-state index contributed by atoms with van der Waals surface area (Å²) in [5, 5.41) is -0.233. The topological polar surface area (TPSA) is 42.9 Å². The molecule has 0 saturated carbocycles. The summed E-state index contributed by atoms with van der Waals surface area (Å²) in [7, 11) is 0. The first kappa shape index (κ1) is 14.4. The van der Waals surface area contributed by atoms with E-state index in [9.17, 15) is 22.4 Å². The van der Waals surface area contributed by atoms with E-state index in [2.05, 4.69) is 9.97 Å². The minimum absolute atomic E-state index is 0.219. The van der Waals surface area contributed by atoms with Gasteiger partial charge in [0.1, 0.15) is 11.5 Å². The van der Waals surface area contributed by atoms with Crippen LogP contribution in [0.2, 0.25) is 5.28 Å². The maximum Gasteiger partial charge on any atom is 0.416 e. The molecule has 0 spiro atoms. The van der Waals surface area contributed by atoms with Gasteiger partial charge in [-0.1, -0.05) is 0 Å². The Bertz CT molecular complexity index is 673. The highest BCUT2D eigenvalue weighted by molar-refractivity contribution is 6.28. The van der Waals surface area contributed by atoms with Crippen LogP contribution in [-0.2, 0) is 6.18 Å². The fraction of sp³-hybridized carbons (Fsp3) is 0.0833. The van der Waals surface area contributed by atoms with E-state index < -0.39 is 28.9 Å². The monoisotopic (exact) mass is 304 g/mol. The second-order valence-corrected chi connectivity index (χ2v) is 4.10. The standard InChI is InChI=1S/C12H5ClF4N2O/c13-11-18-2-1-9(19-11)10(20)6-3-7(12(15,16)17)5-8(14)4-6/h1-5H. The number of hydrogen-bond donors (Lipinski definition) is 0. The average Bonchev–Trinajstić information content (AvgIpc) is 2.36. The number of aromatic nitrogens is 2. The molecule has 0 aliphatic carbocycles. The lowest BCUT2D eigenvalue weighted by Crippen LogP contribution is -2.10. The molecule has 20 heavy (non-hydrogen) atoms. The molecule has 0 aliphatic heterocycles. The van der Waals surface area contributed by atoms with Crippen molar-refractivity contribution in [2.24, 2.45) is 0 Å². The zero-order valence-corrected chi connectivity index (χ0v) is 10.3. The van der Waals surface area contributed by atoms with Crippen molar-refractivity contribution in [2.75, 3.05) is 0 Å². The van der Waals surface area contributed by atoms with Gasteiger partial charge in [-0.25, -0.2) is 14.4 Å². The van der Waals surface area contributed by atoms with E-state index >= 15 is 0 Å². The van der Waals surface area contributed by atoms with E-state index in [0.717, 1.165) is 0 Å². The molecule has 0 atom stereocenters. The molecule has 0 fully saturated rings. The average molecular weight is 305 g/mol. The minimum atomic E-state index is -4.75. The molecule has 2 rings (SSSR count). The maximum absolute atomic E-state index is 13.2. The Balaban J connectivity index is 2.48. The molecule has 0 unspecified atom stereocenters. The Morgan fingerprint density at radius 2 is 1.90 bits per heavy atom. The molecule has 104 valence electrons. The second-order valence-electron chi connectivity index (χ2n) is 3.77. The fourth-order valence-corrected chi connectivity index (χ4v) is 1.64. The van der Waals surface area contributed by atoms with Crippen molar-refractivity contribution in [2.45, 2.75) is 6.18 Å². The van der Waals surface area contributed by atoms with Crippen LogP contribution in [0.5, 0.6) is 0 Å². The van der Waals surface area contributed by atoms with E-state index in [1.54, 1.807) is 0 Å². The molecule has 0 radical (unpaired) electrons. The number of carbonyl (C=O) groups is 1. The molecule has 0 bridgehead atoms. The van der Waals surface area contributed by atoms with Gasteiger partial charge >= 0.3 is 6.18 Å². The minimum Gasteiger partial charge on any atom is -0.287 e. The molecule has 8 heteroatoms. The van der Waals surface area contributed by atoms with Crippen LogP contribution < -0.4 is 0 Å². The third kappa shape index (κ3) is 3.11. The van der Waals surface area contributed by atoms with Crippen LogP contribution in [0.25, 0.3) is 0 Å². The van der Waals surface area contributed by atoms with Crippen LogP contribution in [0.1, 0.15) is 21.6 Å². The molecular formula is C12H5ClF4N2O. The van der Waals surface area contributed by atoms with Gasteiger partial charge in [0.25, 0.3) is 0 Å². The van der Waals surface area contributed by atoms with Gasteiger partial charge in [0.2, 0.25) is 11.1 Å². The number of alkyl halides is 3. The quantitative estimate of drug-likeness (QED) is 0.484. The zero-order valence-electron chi connectivity index (χ0n) is 9.58. The van der Waals surface area contributed by atoms with Gasteiger partial charge in [0, 0.05) is 11.8 Å². The summed E-state index contributed by atoms with van der Waals surface area (Å²) < 4.78 is 50.9. The normalized spacial score (nSPS) is 11.4. The van der Waals surface area contributed by atoms with E-state index in [-0.39, 0.29) is 11.0 Å². The first-order valence-corrected chi connectivity index (χ1v) is 5.56. The first-order valence-electron chi connectivity index (χ1n) is 5.18. The van der Waals surface area contributed by atoms with Crippen molar-refractivity contribution in [1.82, 2.24) is 9.97 Å². The lowest BCUT2D eigenvalue weighted by Gasteiger charge is -2.08. The molecular weight excluding hydrogens is 300 g/mol. The van der Waals surface area contributed by atoms with Gasteiger partial charge in [0.15, 0.2) is 0 Å². The smallest absolute Gasteiger partial charge is 0.287 e. The van der Waals surface area contributed by atoms with Gasteiger partial charge in [0.05, 0.1) is 5.56 Å². The first-order chi connectivity index (χ1) is 9.27. The van der Waals surface area contributed by atoms with Crippen LogP contribution in [0.3, 0.4) is 0 Å². The largest absolute Gasteiger partial charge is 0.416 e. The van der Waals surface area contributed by atoms with Crippen LogP contribution in [0.15, 0.2) is 30.5 Å². The summed E-state index contributed by atoms with van der Waals surface area (Å²) in [5.74, 6) is -2.04. The fourth-order valence-electron chi connectivity index (χ4n) is 1.49. The summed E-state index contributed by atoms with van der Waals surface area (Å²) in [6.07, 6.45) is -3.58. The van der Waals surface area contributed by atoms with Crippen LogP contribution in [0.4, 0.5) is 17.6 Å². The molecule has 1 heterocycles. The number of rotatable bonds is 2. The lowest BCUT2D eigenvalue weighted by molar-refractivity contribution is -0.137. The van der Waals surface area contributed by atoms with Crippen molar-refractivity contribution < 1.29 is 22.4 Å². The summed E-state index contributed by atoms with van der Waals surface area (Å²) in [4.78, 5) is 19.1. The number of nitrogens with zero attached hydrogens (tertiary/aromatic N) is 2. The van der Waals surface area contributed by atoms with Crippen LogP contribution >= 0.6 is 11.6 Å². The Hall–Kier alpha value is -2.02. The Kier molecular flexibility index (Phi) is 3.71. The number of carbonyl (C=O) groups excluding carboxylic acids is 1. The molecule has 1 aromatic carbocycles. The van der Waals surface area contributed by atoms with E-state index in [1.165, 1.54) is 12.3 Å². The molecule has 0 amide bonds. The zero-order chi connectivity index (χ0) is 14.9. The summed E-state index contributed by atoms with van der Waals surface area (Å²) >= 11 is 5.48. The van der Waals surface area contributed by atoms with E-state index in [1.807, 2.05) is 0 Å².